The average Bonchev–Trinajstić information content (AvgIpc) is 2.81. The minimum absolute atomic E-state index is 1.32. The molecular weight excluding hydrogens is 646 g/mol. The van der Waals surface area contributed by atoms with Gasteiger partial charge in [-0.05, 0) is 0 Å². The summed E-state index contributed by atoms with van der Waals surface area (Å²) in [5.74, 6) is -46.4. The second kappa shape index (κ2) is 9.73. The molecule has 3 nitrogen and oxygen atoms in total. The number of hydrogen-bond donors (Lipinski definition) is 0. The van der Waals surface area contributed by atoms with Gasteiger partial charge in [-0.25, -0.2) is 30.7 Å². The van der Waals surface area contributed by atoms with E-state index in [0.717, 1.165) is 0 Å². The second-order valence-corrected chi connectivity index (χ2v) is 9.22. The van der Waals surface area contributed by atoms with Gasteiger partial charge in [-0.3, -0.25) is 0 Å². The average molecular weight is 646 g/mol. The van der Waals surface area contributed by atoms with Gasteiger partial charge in [0.25, 0.3) is 0 Å². The Hall–Kier alpha value is -2.72. The van der Waals surface area contributed by atoms with E-state index in [1.165, 1.54) is 0 Å². The van der Waals surface area contributed by atoms with Crippen LogP contribution in [0, 0.1) is 52.4 Å². The van der Waals surface area contributed by atoms with Crippen LogP contribution in [0.25, 0.3) is 0 Å². The van der Waals surface area contributed by atoms with Gasteiger partial charge in [-0.2, -0.15) is 56.7 Å². The van der Waals surface area contributed by atoms with Crippen LogP contribution in [0.1, 0.15) is 0 Å². The fourth-order valence-corrected chi connectivity index (χ4v) is 4.04. The zero-order chi connectivity index (χ0) is 30.8. The van der Waals surface area contributed by atoms with Crippen LogP contribution in [0.15, 0.2) is 9.79 Å². The molecule has 0 saturated heterocycles. The fourth-order valence-electron chi connectivity index (χ4n) is 2.21. The molecule has 0 saturated carbocycles. The lowest BCUT2D eigenvalue weighted by molar-refractivity contribution is -0.382. The molecule has 0 unspecified atom stereocenters. The normalized spacial score (nSPS) is 13.7. The third kappa shape index (κ3) is 4.79. The van der Waals surface area contributed by atoms with Gasteiger partial charge < -0.3 is 4.18 Å². The highest BCUT2D eigenvalue weighted by Gasteiger charge is 2.86. The molecule has 220 valence electrons. The molecule has 0 aliphatic rings. The van der Waals surface area contributed by atoms with Crippen molar-refractivity contribution in [1.82, 2.24) is 0 Å². The summed E-state index contributed by atoms with van der Waals surface area (Å²) >= 11 is -1.32. The molecule has 0 aliphatic carbocycles. The van der Waals surface area contributed by atoms with Gasteiger partial charge in [0.05, 0.1) is 9.79 Å². The zero-order valence-electron chi connectivity index (χ0n) is 16.8. The Balaban J connectivity index is 2.68. The van der Waals surface area contributed by atoms with Crippen molar-refractivity contribution < 1.29 is 91.6 Å². The molecule has 39 heavy (non-hydrogen) atoms. The quantitative estimate of drug-likeness (QED) is 0.138. The van der Waals surface area contributed by atoms with E-state index in [1.807, 2.05) is 0 Å². The van der Waals surface area contributed by atoms with Crippen molar-refractivity contribution in [3.63, 3.8) is 0 Å². The van der Waals surface area contributed by atoms with Crippen molar-refractivity contribution in [3.05, 3.63) is 52.4 Å². The molecule has 0 fully saturated rings. The first-order valence-corrected chi connectivity index (χ1v) is 10.7. The highest BCUT2D eigenvalue weighted by atomic mass is 32.2. The predicted octanol–water partition coefficient (Wildman–Crippen LogP) is 7.22. The highest BCUT2D eigenvalue weighted by molar-refractivity contribution is 7.99. The van der Waals surface area contributed by atoms with Crippen LogP contribution in [-0.4, -0.2) is 31.7 Å². The summed E-state index contributed by atoms with van der Waals surface area (Å²) in [6, 6.07) is 0. The molecule has 23 heteroatoms. The minimum atomic E-state index is -8.14. The van der Waals surface area contributed by atoms with E-state index in [1.54, 1.807) is 0 Å². The van der Waals surface area contributed by atoms with E-state index in [9.17, 15) is 87.4 Å². The first kappa shape index (κ1) is 32.5. The molecule has 2 rings (SSSR count). The first-order valence-electron chi connectivity index (χ1n) is 8.47. The lowest BCUT2D eigenvalue weighted by Gasteiger charge is -2.32. The maximum absolute atomic E-state index is 14.2. The maximum Gasteiger partial charge on any atom is 0.460 e. The van der Waals surface area contributed by atoms with Crippen molar-refractivity contribution in [2.24, 2.45) is 0 Å². The smallest absolute Gasteiger partial charge is 0.371 e. The van der Waals surface area contributed by atoms with Crippen LogP contribution < -0.4 is 4.18 Å². The van der Waals surface area contributed by atoms with Gasteiger partial charge >= 0.3 is 33.4 Å². The third-order valence-electron chi connectivity index (χ3n) is 4.18. The molecule has 2 aromatic rings. The molecule has 0 aromatic heterocycles. The highest BCUT2D eigenvalue weighted by Crippen LogP contribution is 2.55. The van der Waals surface area contributed by atoms with Crippen molar-refractivity contribution >= 4 is 21.9 Å². The molecule has 0 bridgehead atoms. The topological polar surface area (TPSA) is 43.4 Å². The number of hydrogen-bond acceptors (Lipinski definition) is 4. The molecule has 0 spiro atoms. The minimum Gasteiger partial charge on any atom is -0.371 e. The van der Waals surface area contributed by atoms with Crippen LogP contribution in [0.5, 0.6) is 5.75 Å². The third-order valence-corrected chi connectivity index (χ3v) is 6.57. The summed E-state index contributed by atoms with van der Waals surface area (Å²) in [5.41, 5.74) is 0. The number of benzene rings is 2. The summed E-state index contributed by atoms with van der Waals surface area (Å²) < 4.78 is 265. The summed E-state index contributed by atoms with van der Waals surface area (Å²) in [4.78, 5) is -4.71. The Morgan fingerprint density at radius 2 is 0.795 bits per heavy atom. The summed E-state index contributed by atoms with van der Waals surface area (Å²) in [5, 5.41) is -7.74. The van der Waals surface area contributed by atoms with Crippen molar-refractivity contribution in [3.8, 4) is 5.75 Å². The molecule has 2 aromatic carbocycles. The SMILES string of the molecule is O=S(=O)(Oc1c(F)c(F)c(Sc2c(F)c(F)c(F)c(F)c2F)c(F)c1F)C(F)(F)C(F)(F)C(F)(F)C(F)(F)F. The van der Waals surface area contributed by atoms with Crippen LogP contribution >= 0.6 is 11.8 Å². The summed E-state index contributed by atoms with van der Waals surface area (Å²) in [6.45, 7) is 0. The van der Waals surface area contributed by atoms with E-state index in [2.05, 4.69) is 4.18 Å². The van der Waals surface area contributed by atoms with Gasteiger partial charge in [0.1, 0.15) is 0 Å². The monoisotopic (exact) mass is 646 g/mol. The lowest BCUT2D eigenvalue weighted by Crippen LogP contribution is -2.63. The van der Waals surface area contributed by atoms with E-state index in [4.69, 9.17) is 0 Å². The van der Waals surface area contributed by atoms with Crippen molar-refractivity contribution in [2.45, 2.75) is 33.1 Å². The number of halogens is 18. The van der Waals surface area contributed by atoms with Crippen LogP contribution in [0.4, 0.5) is 79.0 Å². The van der Waals surface area contributed by atoms with Crippen LogP contribution in [0.2, 0.25) is 0 Å². The van der Waals surface area contributed by atoms with E-state index < -0.39 is 113 Å². The summed E-state index contributed by atoms with van der Waals surface area (Å²) in [7, 11) is -8.14. The summed E-state index contributed by atoms with van der Waals surface area (Å²) in [6.07, 6.45) is -7.58. The molecular formula is C16F18O3S2. The Morgan fingerprint density at radius 1 is 0.487 bits per heavy atom. The molecule has 0 radical (unpaired) electrons. The number of rotatable bonds is 7. The number of alkyl halides is 9. The van der Waals surface area contributed by atoms with Gasteiger partial charge in [0, 0.05) is 0 Å². The van der Waals surface area contributed by atoms with E-state index >= 15 is 0 Å². The molecule has 0 aliphatic heterocycles. The Kier molecular flexibility index (Phi) is 8.11. The second-order valence-electron chi connectivity index (χ2n) is 6.62. The van der Waals surface area contributed by atoms with E-state index in [0.29, 0.717) is 0 Å². The first-order chi connectivity index (χ1) is 17.3. The van der Waals surface area contributed by atoms with Crippen LogP contribution in [0.3, 0.4) is 0 Å². The van der Waals surface area contributed by atoms with Gasteiger partial charge in [0.2, 0.25) is 23.2 Å². The largest absolute Gasteiger partial charge is 0.460 e. The molecule has 0 amide bonds. The van der Waals surface area contributed by atoms with Crippen molar-refractivity contribution in [2.75, 3.05) is 0 Å². The molecule has 0 N–H and O–H groups in total. The predicted molar refractivity (Wildman–Crippen MR) is 87.1 cm³/mol. The fraction of sp³-hybridized carbons (Fsp3) is 0.250. The van der Waals surface area contributed by atoms with Gasteiger partial charge in [-0.15, -0.1) is 0 Å². The lowest BCUT2D eigenvalue weighted by atomic mass is 10.1. The van der Waals surface area contributed by atoms with E-state index in [-0.39, 0.29) is 0 Å². The van der Waals surface area contributed by atoms with Crippen LogP contribution in [-0.2, 0) is 10.1 Å². The molecule has 0 atom stereocenters. The molecule has 0 heterocycles. The van der Waals surface area contributed by atoms with Crippen molar-refractivity contribution in [1.29, 1.82) is 0 Å². The Labute approximate surface area is 205 Å². The Morgan fingerprint density at radius 3 is 1.13 bits per heavy atom. The zero-order valence-corrected chi connectivity index (χ0v) is 18.5. The van der Waals surface area contributed by atoms with Gasteiger partial charge in [-0.1, -0.05) is 11.8 Å². The standard InChI is InChI=1S/C16F18O3S2/c17-1-2(18)6(22)11(7(23)3(1)19)38-12-8(24)4(20)10(5(21)9(12)25)37-39(35,36)16(33,34)14(28,29)13(26,27)15(30,31)32. The Bertz CT molecular complexity index is 1380. The maximum atomic E-state index is 14.2. The van der Waals surface area contributed by atoms with Gasteiger partial charge in [0.15, 0.2) is 34.9 Å².